The lowest BCUT2D eigenvalue weighted by Crippen LogP contribution is -2.22. The van der Waals surface area contributed by atoms with Crippen LogP contribution in [0.15, 0.2) is 60.7 Å². The Balaban J connectivity index is 1.85. The van der Waals surface area contributed by atoms with Crippen LogP contribution < -0.4 is 5.32 Å². The number of halogens is 1. The van der Waals surface area contributed by atoms with Gasteiger partial charge in [0, 0.05) is 18.1 Å². The van der Waals surface area contributed by atoms with Crippen molar-refractivity contribution >= 4 is 23.1 Å². The van der Waals surface area contributed by atoms with E-state index in [-0.39, 0.29) is 6.04 Å². The molecule has 1 heterocycles. The molecule has 3 aromatic rings. The third-order valence-electron chi connectivity index (χ3n) is 3.25. The average Bonchev–Trinajstić information content (AvgIpc) is 2.95. The number of nitrogens with zero attached hydrogens (tertiary/aromatic N) is 2. The van der Waals surface area contributed by atoms with Crippen LogP contribution in [0.3, 0.4) is 0 Å². The minimum absolute atomic E-state index is 0.102. The zero-order chi connectivity index (χ0) is 14.5. The van der Waals surface area contributed by atoms with Gasteiger partial charge in [-0.05, 0) is 11.1 Å². The highest BCUT2D eigenvalue weighted by molar-refractivity contribution is 7.10. The molecule has 0 saturated heterocycles. The molecule has 0 fully saturated rings. The van der Waals surface area contributed by atoms with E-state index in [2.05, 4.69) is 39.2 Å². The molecule has 0 aliphatic heterocycles. The summed E-state index contributed by atoms with van der Waals surface area (Å²) in [6.07, 6.45) is 0. The van der Waals surface area contributed by atoms with E-state index in [1.807, 2.05) is 36.4 Å². The summed E-state index contributed by atoms with van der Waals surface area (Å²) in [5.41, 5.74) is 3.21. The summed E-state index contributed by atoms with van der Waals surface area (Å²) < 4.78 is 4.51. The first-order valence-electron chi connectivity index (χ1n) is 6.64. The molecule has 0 atom stereocenters. The molecule has 0 aliphatic rings. The van der Waals surface area contributed by atoms with E-state index in [9.17, 15) is 0 Å². The highest BCUT2D eigenvalue weighted by Gasteiger charge is 2.14. The summed E-state index contributed by atoms with van der Waals surface area (Å²) in [5.74, 6) is 0. The summed E-state index contributed by atoms with van der Waals surface area (Å²) in [6.45, 7) is 0.587. The first-order valence-corrected chi connectivity index (χ1v) is 7.80. The lowest BCUT2D eigenvalue weighted by molar-refractivity contribution is 0.596. The zero-order valence-corrected chi connectivity index (χ0v) is 12.8. The van der Waals surface area contributed by atoms with Gasteiger partial charge in [-0.25, -0.2) is 0 Å². The van der Waals surface area contributed by atoms with Crippen molar-refractivity contribution in [2.45, 2.75) is 12.6 Å². The first-order chi connectivity index (χ1) is 10.3. The molecule has 1 N–H and O–H groups in total. The van der Waals surface area contributed by atoms with Gasteiger partial charge in [0.1, 0.15) is 10.0 Å². The Kier molecular flexibility index (Phi) is 4.60. The second-order valence-electron chi connectivity index (χ2n) is 4.63. The van der Waals surface area contributed by atoms with Crippen molar-refractivity contribution in [2.24, 2.45) is 0 Å². The molecular weight excluding hydrogens is 302 g/mol. The van der Waals surface area contributed by atoms with Gasteiger partial charge in [-0.2, -0.15) is 0 Å². The van der Waals surface area contributed by atoms with Gasteiger partial charge in [0.2, 0.25) is 0 Å². The second kappa shape index (κ2) is 6.80. The lowest BCUT2D eigenvalue weighted by Gasteiger charge is -2.19. The molecular formula is C16H14ClN3S. The molecule has 0 saturated carbocycles. The molecule has 5 heteroatoms. The lowest BCUT2D eigenvalue weighted by atomic mass is 9.99. The predicted octanol–water partition coefficient (Wildman–Crippen LogP) is 4.07. The number of aromatic nitrogens is 2. The number of nitrogens with one attached hydrogen (secondary N) is 1. The van der Waals surface area contributed by atoms with E-state index in [0.717, 1.165) is 5.69 Å². The zero-order valence-electron chi connectivity index (χ0n) is 11.2. The van der Waals surface area contributed by atoms with E-state index in [1.54, 1.807) is 0 Å². The summed E-state index contributed by atoms with van der Waals surface area (Å²) in [7, 11) is 0. The normalized spacial score (nSPS) is 11.0. The molecule has 21 heavy (non-hydrogen) atoms. The maximum absolute atomic E-state index is 6.07. The van der Waals surface area contributed by atoms with Crippen LogP contribution in [0.5, 0.6) is 0 Å². The van der Waals surface area contributed by atoms with Crippen LogP contribution in [0.2, 0.25) is 4.34 Å². The van der Waals surface area contributed by atoms with Crippen LogP contribution in [0.25, 0.3) is 0 Å². The monoisotopic (exact) mass is 315 g/mol. The summed E-state index contributed by atoms with van der Waals surface area (Å²) in [6, 6.07) is 20.8. The fourth-order valence-electron chi connectivity index (χ4n) is 2.22. The fraction of sp³-hybridized carbons (Fsp3) is 0.125. The molecule has 0 spiro atoms. The van der Waals surface area contributed by atoms with Crippen molar-refractivity contribution < 1.29 is 0 Å². The van der Waals surface area contributed by atoms with Gasteiger partial charge in [-0.1, -0.05) is 76.8 Å². The smallest absolute Gasteiger partial charge is 0.138 e. The highest BCUT2D eigenvalue weighted by Crippen LogP contribution is 2.23. The van der Waals surface area contributed by atoms with Gasteiger partial charge in [0.05, 0.1) is 6.04 Å². The van der Waals surface area contributed by atoms with Crippen LogP contribution in [-0.4, -0.2) is 9.59 Å². The topological polar surface area (TPSA) is 37.8 Å². The molecule has 0 amide bonds. The van der Waals surface area contributed by atoms with Gasteiger partial charge in [0.25, 0.3) is 0 Å². The van der Waals surface area contributed by atoms with Crippen molar-refractivity contribution in [3.05, 3.63) is 81.8 Å². The Hall–Kier alpha value is -1.75. The Labute approximate surface area is 132 Å². The minimum Gasteiger partial charge on any atom is -0.300 e. The number of rotatable bonds is 5. The van der Waals surface area contributed by atoms with E-state index < -0.39 is 0 Å². The SMILES string of the molecule is Clc1snnc1CNC(c1ccccc1)c1ccccc1. The third kappa shape index (κ3) is 3.47. The molecule has 0 bridgehead atoms. The first kappa shape index (κ1) is 14.2. The molecule has 2 aromatic carbocycles. The Bertz CT molecular complexity index is 646. The summed E-state index contributed by atoms with van der Waals surface area (Å²) in [5, 5.41) is 7.56. The van der Waals surface area contributed by atoms with Crippen molar-refractivity contribution in [1.82, 2.24) is 14.9 Å². The number of hydrogen-bond donors (Lipinski definition) is 1. The van der Waals surface area contributed by atoms with Gasteiger partial charge in [-0.3, -0.25) is 0 Å². The van der Waals surface area contributed by atoms with Gasteiger partial charge >= 0.3 is 0 Å². The van der Waals surface area contributed by atoms with Crippen LogP contribution in [0.4, 0.5) is 0 Å². The van der Waals surface area contributed by atoms with Crippen LogP contribution in [-0.2, 0) is 6.54 Å². The van der Waals surface area contributed by atoms with E-state index in [1.165, 1.54) is 22.7 Å². The molecule has 106 valence electrons. The maximum Gasteiger partial charge on any atom is 0.138 e. The Morgan fingerprint density at radius 3 is 2.00 bits per heavy atom. The van der Waals surface area contributed by atoms with Crippen molar-refractivity contribution in [1.29, 1.82) is 0 Å². The fourth-order valence-corrected chi connectivity index (χ4v) is 2.85. The van der Waals surface area contributed by atoms with Crippen molar-refractivity contribution in [3.63, 3.8) is 0 Å². The van der Waals surface area contributed by atoms with E-state index in [4.69, 9.17) is 11.6 Å². The van der Waals surface area contributed by atoms with Crippen LogP contribution >= 0.6 is 23.1 Å². The number of hydrogen-bond acceptors (Lipinski definition) is 4. The average molecular weight is 316 g/mol. The Morgan fingerprint density at radius 1 is 0.952 bits per heavy atom. The third-order valence-corrected chi connectivity index (χ3v) is 4.23. The van der Waals surface area contributed by atoms with E-state index >= 15 is 0 Å². The minimum atomic E-state index is 0.102. The Morgan fingerprint density at radius 2 is 1.52 bits per heavy atom. The molecule has 0 radical (unpaired) electrons. The molecule has 3 nitrogen and oxygen atoms in total. The standard InChI is InChI=1S/C16H14ClN3S/c17-16-14(19-20-21-16)11-18-15(12-7-3-1-4-8-12)13-9-5-2-6-10-13/h1-10,15,18H,11H2. The summed E-state index contributed by atoms with van der Waals surface area (Å²) in [4.78, 5) is 0. The quantitative estimate of drug-likeness (QED) is 0.771. The van der Waals surface area contributed by atoms with Crippen LogP contribution in [0.1, 0.15) is 22.9 Å². The van der Waals surface area contributed by atoms with Crippen LogP contribution in [0, 0.1) is 0 Å². The molecule has 0 aliphatic carbocycles. The van der Waals surface area contributed by atoms with Gasteiger partial charge in [-0.15, -0.1) is 5.10 Å². The molecule has 0 unspecified atom stereocenters. The summed E-state index contributed by atoms with van der Waals surface area (Å²) >= 11 is 7.28. The predicted molar refractivity (Wildman–Crippen MR) is 86.5 cm³/mol. The van der Waals surface area contributed by atoms with E-state index in [0.29, 0.717) is 10.9 Å². The molecule has 3 rings (SSSR count). The van der Waals surface area contributed by atoms with Gasteiger partial charge in [0.15, 0.2) is 0 Å². The van der Waals surface area contributed by atoms with Crippen molar-refractivity contribution in [3.8, 4) is 0 Å². The maximum atomic E-state index is 6.07. The van der Waals surface area contributed by atoms with Gasteiger partial charge < -0.3 is 5.32 Å². The largest absolute Gasteiger partial charge is 0.300 e. The number of benzene rings is 2. The molecule has 1 aromatic heterocycles. The highest BCUT2D eigenvalue weighted by atomic mass is 35.5. The second-order valence-corrected chi connectivity index (χ2v) is 5.98. The van der Waals surface area contributed by atoms with Crippen molar-refractivity contribution in [2.75, 3.05) is 0 Å².